The van der Waals surface area contributed by atoms with E-state index in [1.807, 2.05) is 0 Å². The third-order valence-electron chi connectivity index (χ3n) is 3.06. The molecule has 1 fully saturated rings. The van der Waals surface area contributed by atoms with Crippen molar-refractivity contribution in [1.82, 2.24) is 10.6 Å². The number of carboxylic acids is 1. The van der Waals surface area contributed by atoms with Crippen LogP contribution in [0.15, 0.2) is 16.5 Å². The summed E-state index contributed by atoms with van der Waals surface area (Å²) in [4.78, 5) is 22.1. The van der Waals surface area contributed by atoms with Crippen molar-refractivity contribution in [3.05, 3.63) is 23.7 Å². The number of furan rings is 1. The molecule has 2 unspecified atom stereocenters. The van der Waals surface area contributed by atoms with Gasteiger partial charge in [-0.2, -0.15) is 0 Å². The van der Waals surface area contributed by atoms with E-state index in [0.29, 0.717) is 11.7 Å². The fraction of sp³-hybridized carbons (Fsp3) is 0.500. The maximum absolute atomic E-state index is 11.5. The zero-order chi connectivity index (χ0) is 13.1. The minimum atomic E-state index is -1.12. The summed E-state index contributed by atoms with van der Waals surface area (Å²) in [6.45, 7) is 2.28. The quantitative estimate of drug-likeness (QED) is 0.741. The predicted octanol–water partition coefficient (Wildman–Crippen LogP) is 1.58. The Morgan fingerprint density at radius 2 is 2.28 bits per heavy atom. The zero-order valence-electron chi connectivity index (χ0n) is 10.1. The molecule has 0 spiro atoms. The van der Waals surface area contributed by atoms with Crippen LogP contribution in [-0.4, -0.2) is 23.1 Å². The van der Waals surface area contributed by atoms with Gasteiger partial charge in [0.05, 0.1) is 6.54 Å². The molecule has 0 radical (unpaired) electrons. The van der Waals surface area contributed by atoms with Crippen molar-refractivity contribution < 1.29 is 19.1 Å². The van der Waals surface area contributed by atoms with Crippen LogP contribution in [0.2, 0.25) is 0 Å². The largest absolute Gasteiger partial charge is 0.475 e. The monoisotopic (exact) mass is 252 g/mol. The van der Waals surface area contributed by atoms with E-state index in [4.69, 9.17) is 9.52 Å². The van der Waals surface area contributed by atoms with Gasteiger partial charge in [-0.05, 0) is 24.5 Å². The van der Waals surface area contributed by atoms with Crippen molar-refractivity contribution >= 4 is 12.0 Å². The summed E-state index contributed by atoms with van der Waals surface area (Å²) in [7, 11) is 0. The number of carbonyl (C=O) groups is 2. The topological polar surface area (TPSA) is 91.6 Å². The van der Waals surface area contributed by atoms with Crippen LogP contribution in [0.25, 0.3) is 0 Å². The molecule has 1 aliphatic carbocycles. The Morgan fingerprint density at radius 1 is 1.50 bits per heavy atom. The van der Waals surface area contributed by atoms with Crippen molar-refractivity contribution in [2.45, 2.75) is 32.4 Å². The van der Waals surface area contributed by atoms with Gasteiger partial charge >= 0.3 is 12.0 Å². The van der Waals surface area contributed by atoms with Crippen molar-refractivity contribution in [2.75, 3.05) is 0 Å². The van der Waals surface area contributed by atoms with Gasteiger partial charge in [-0.3, -0.25) is 0 Å². The molecular formula is C12H16N2O4. The van der Waals surface area contributed by atoms with E-state index in [1.165, 1.54) is 12.1 Å². The number of urea groups is 1. The van der Waals surface area contributed by atoms with Crippen LogP contribution in [0.3, 0.4) is 0 Å². The molecule has 0 aromatic carbocycles. The molecule has 98 valence electrons. The van der Waals surface area contributed by atoms with E-state index in [1.54, 1.807) is 0 Å². The minimum absolute atomic E-state index is 0.125. The molecular weight excluding hydrogens is 236 g/mol. The Hall–Kier alpha value is -1.98. The van der Waals surface area contributed by atoms with Crippen LogP contribution in [0.1, 0.15) is 36.1 Å². The van der Waals surface area contributed by atoms with Gasteiger partial charge in [0.15, 0.2) is 0 Å². The molecule has 1 aromatic rings. The van der Waals surface area contributed by atoms with Gasteiger partial charge in [0.1, 0.15) is 5.76 Å². The van der Waals surface area contributed by atoms with Crippen molar-refractivity contribution in [3.63, 3.8) is 0 Å². The van der Waals surface area contributed by atoms with Crippen molar-refractivity contribution in [1.29, 1.82) is 0 Å². The van der Waals surface area contributed by atoms with Crippen LogP contribution in [-0.2, 0) is 6.54 Å². The smallest absolute Gasteiger partial charge is 0.371 e. The number of amides is 2. The number of carbonyl (C=O) groups excluding carboxylic acids is 1. The summed E-state index contributed by atoms with van der Waals surface area (Å²) >= 11 is 0. The first-order valence-electron chi connectivity index (χ1n) is 5.96. The lowest BCUT2D eigenvalue weighted by Crippen LogP contribution is -2.36. The molecule has 2 amide bonds. The highest BCUT2D eigenvalue weighted by atomic mass is 16.4. The molecule has 1 aromatic heterocycles. The molecule has 6 nitrogen and oxygen atoms in total. The molecule has 18 heavy (non-hydrogen) atoms. The third kappa shape index (κ3) is 3.03. The molecule has 2 rings (SSSR count). The Balaban J connectivity index is 1.73. The molecule has 1 heterocycles. The summed E-state index contributed by atoms with van der Waals surface area (Å²) in [5.74, 6) is -0.224. The first-order valence-corrected chi connectivity index (χ1v) is 5.96. The van der Waals surface area contributed by atoms with Gasteiger partial charge in [-0.1, -0.05) is 13.3 Å². The highest BCUT2D eigenvalue weighted by molar-refractivity contribution is 5.84. The summed E-state index contributed by atoms with van der Waals surface area (Å²) in [5, 5.41) is 14.1. The first kappa shape index (κ1) is 12.5. The highest BCUT2D eigenvalue weighted by Gasteiger charge is 2.36. The predicted molar refractivity (Wildman–Crippen MR) is 63.2 cm³/mol. The van der Waals surface area contributed by atoms with E-state index in [2.05, 4.69) is 17.6 Å². The van der Waals surface area contributed by atoms with Gasteiger partial charge in [0.25, 0.3) is 0 Å². The number of nitrogens with one attached hydrogen (secondary N) is 2. The Bertz CT molecular complexity index is 455. The lowest BCUT2D eigenvalue weighted by molar-refractivity contribution is 0.0660. The van der Waals surface area contributed by atoms with E-state index >= 15 is 0 Å². The fourth-order valence-corrected chi connectivity index (χ4v) is 1.85. The van der Waals surface area contributed by atoms with Gasteiger partial charge in [0, 0.05) is 6.04 Å². The Kier molecular flexibility index (Phi) is 3.55. The molecule has 1 saturated carbocycles. The Morgan fingerprint density at radius 3 is 2.83 bits per heavy atom. The lowest BCUT2D eigenvalue weighted by atomic mass is 10.3. The number of hydrogen-bond donors (Lipinski definition) is 3. The third-order valence-corrected chi connectivity index (χ3v) is 3.06. The molecule has 1 aliphatic rings. The van der Waals surface area contributed by atoms with Gasteiger partial charge in [-0.15, -0.1) is 0 Å². The SMILES string of the molecule is CCC1CC1NC(=O)NCc1ccc(C(=O)O)o1. The van der Waals surface area contributed by atoms with Gasteiger partial charge in [0.2, 0.25) is 5.76 Å². The number of carboxylic acid groups (broad SMARTS) is 1. The normalized spacial score (nSPS) is 21.4. The molecule has 0 saturated heterocycles. The van der Waals surface area contributed by atoms with Crippen LogP contribution < -0.4 is 10.6 Å². The average Bonchev–Trinajstić information content (AvgIpc) is 2.90. The van der Waals surface area contributed by atoms with Crippen molar-refractivity contribution in [3.8, 4) is 0 Å². The minimum Gasteiger partial charge on any atom is -0.475 e. The maximum atomic E-state index is 11.5. The lowest BCUT2D eigenvalue weighted by Gasteiger charge is -2.05. The van der Waals surface area contributed by atoms with Gasteiger partial charge in [-0.25, -0.2) is 9.59 Å². The van der Waals surface area contributed by atoms with Crippen molar-refractivity contribution in [2.24, 2.45) is 5.92 Å². The first-order chi connectivity index (χ1) is 8.60. The summed E-state index contributed by atoms with van der Waals surface area (Å²) in [6, 6.07) is 2.94. The molecule has 3 N–H and O–H groups in total. The fourth-order valence-electron chi connectivity index (χ4n) is 1.85. The van der Waals surface area contributed by atoms with Crippen LogP contribution in [0.4, 0.5) is 4.79 Å². The standard InChI is InChI=1S/C12H16N2O4/c1-2-7-5-9(7)14-12(17)13-6-8-3-4-10(18-8)11(15)16/h3-4,7,9H,2,5-6H2,1H3,(H,15,16)(H2,13,14,17). The average molecular weight is 252 g/mol. The number of aromatic carboxylic acids is 1. The summed E-state index contributed by atoms with van der Waals surface area (Å²) in [6.07, 6.45) is 2.11. The zero-order valence-corrected chi connectivity index (χ0v) is 10.1. The summed E-state index contributed by atoms with van der Waals surface area (Å²) in [5.41, 5.74) is 0. The molecule has 0 aliphatic heterocycles. The second kappa shape index (κ2) is 5.12. The number of rotatable bonds is 5. The number of hydrogen-bond acceptors (Lipinski definition) is 3. The van der Waals surface area contributed by atoms with E-state index in [-0.39, 0.29) is 24.4 Å². The molecule has 2 atom stereocenters. The van der Waals surface area contributed by atoms with Crippen LogP contribution in [0.5, 0.6) is 0 Å². The van der Waals surface area contributed by atoms with Crippen LogP contribution >= 0.6 is 0 Å². The van der Waals surface area contributed by atoms with Crippen LogP contribution in [0, 0.1) is 5.92 Å². The molecule has 6 heteroatoms. The second-order valence-corrected chi connectivity index (χ2v) is 4.41. The van der Waals surface area contributed by atoms with E-state index in [9.17, 15) is 9.59 Å². The Labute approximate surface area is 104 Å². The maximum Gasteiger partial charge on any atom is 0.371 e. The highest BCUT2D eigenvalue weighted by Crippen LogP contribution is 2.32. The summed E-state index contributed by atoms with van der Waals surface area (Å²) < 4.78 is 5.02. The van der Waals surface area contributed by atoms with E-state index < -0.39 is 5.97 Å². The molecule has 0 bridgehead atoms. The van der Waals surface area contributed by atoms with E-state index in [0.717, 1.165) is 12.8 Å². The second-order valence-electron chi connectivity index (χ2n) is 4.41. The van der Waals surface area contributed by atoms with Gasteiger partial charge < -0.3 is 20.2 Å².